The van der Waals surface area contributed by atoms with Gasteiger partial charge in [-0.3, -0.25) is 9.59 Å². The molecule has 0 spiro atoms. The van der Waals surface area contributed by atoms with E-state index < -0.39 is 5.87 Å². The van der Waals surface area contributed by atoms with Crippen LogP contribution in [0.1, 0.15) is 52.0 Å². The molecule has 0 saturated heterocycles. The Morgan fingerprint density at radius 1 is 1.21 bits per heavy atom. The van der Waals surface area contributed by atoms with Crippen LogP contribution in [0, 0.1) is 0 Å². The predicted molar refractivity (Wildman–Crippen MR) is 114 cm³/mol. The predicted octanol–water partition coefficient (Wildman–Crippen LogP) is 2.77. The third kappa shape index (κ3) is 16.0. The molecule has 4 N–H and O–H groups in total. The Morgan fingerprint density at radius 3 is 2.14 bits per heavy atom. The van der Waals surface area contributed by atoms with E-state index in [4.69, 9.17) is 17.4 Å². The van der Waals surface area contributed by atoms with Crippen LogP contribution in [0.25, 0.3) is 0 Å². The first-order valence-corrected chi connectivity index (χ1v) is 9.52. The summed E-state index contributed by atoms with van der Waals surface area (Å²) in [5, 5.41) is 5.88. The lowest BCUT2D eigenvalue weighted by atomic mass is 10.1. The van der Waals surface area contributed by atoms with Crippen LogP contribution in [0.5, 0.6) is 0 Å². The van der Waals surface area contributed by atoms with Crippen molar-refractivity contribution in [2.45, 2.75) is 59.1 Å². The summed E-state index contributed by atoms with van der Waals surface area (Å²) >= 11 is 0. The molecule has 1 aromatic rings. The molecule has 0 heterocycles. The average molecular weight is 391 g/mol. The van der Waals surface area contributed by atoms with Crippen LogP contribution in [0.15, 0.2) is 24.3 Å². The molecule has 0 saturated carbocycles. The summed E-state index contributed by atoms with van der Waals surface area (Å²) in [6, 6.07) is 6.90. The molecule has 28 heavy (non-hydrogen) atoms. The molecular weight excluding hydrogens is 357 g/mol. The number of nitrogens with one attached hydrogen (secondary N) is 2. The Hall–Kier alpha value is -2.19. The van der Waals surface area contributed by atoms with Gasteiger partial charge in [-0.2, -0.15) is 0 Å². The van der Waals surface area contributed by atoms with Crippen molar-refractivity contribution in [3.8, 4) is 0 Å². The summed E-state index contributed by atoms with van der Waals surface area (Å²) in [6.45, 7) is 6.61. The Labute approximate surface area is 170 Å². The molecule has 0 aromatic heterocycles. The molecule has 1 aromatic carbocycles. The van der Waals surface area contributed by atoms with E-state index in [1.165, 1.54) is 6.42 Å². The number of anilines is 1. The normalized spacial score (nSPS) is 10.3. The highest BCUT2D eigenvalue weighted by atomic mass is 16.5. The first kappa shape index (κ1) is 28.0. The number of hydrogen-bond donors (Lipinski definition) is 3. The summed E-state index contributed by atoms with van der Waals surface area (Å²) < 4.78 is 4.69. The number of carbonyl (C=O) groups is 3. The van der Waals surface area contributed by atoms with Gasteiger partial charge in [-0.25, -0.2) is 0 Å². The summed E-state index contributed by atoms with van der Waals surface area (Å²) in [4.78, 5) is 31.7. The van der Waals surface area contributed by atoms with Crippen molar-refractivity contribution in [1.29, 1.82) is 0 Å². The second kappa shape index (κ2) is 19.6. The van der Waals surface area contributed by atoms with Gasteiger partial charge in [0.05, 0.1) is 6.04 Å². The molecule has 0 fully saturated rings. The number of likely N-dealkylation sites (N-methyl/N-ethyl adjacent to an activating group) is 1. The molecule has 1 rings (SSSR count). The van der Waals surface area contributed by atoms with Gasteiger partial charge in [-0.1, -0.05) is 52.2 Å². The van der Waals surface area contributed by atoms with Crippen molar-refractivity contribution in [1.82, 2.24) is 5.32 Å². The zero-order valence-electron chi connectivity index (χ0n) is 17.5. The van der Waals surface area contributed by atoms with Gasteiger partial charge in [0.25, 0.3) is 0 Å². The molecule has 0 aliphatic heterocycles. The van der Waals surface area contributed by atoms with Crippen LogP contribution < -0.4 is 16.4 Å². The number of unbranched alkanes of at least 4 members (excludes halogenated alkanes) is 1. The van der Waals surface area contributed by atoms with Gasteiger partial charge < -0.3 is 25.9 Å². The van der Waals surface area contributed by atoms with Gasteiger partial charge >= 0.3 is 0 Å². The highest BCUT2D eigenvalue weighted by Crippen LogP contribution is 2.12. The second-order valence-corrected chi connectivity index (χ2v) is 5.89. The van der Waals surface area contributed by atoms with E-state index in [-0.39, 0.29) is 25.1 Å². The first-order valence-electron chi connectivity index (χ1n) is 9.52. The van der Waals surface area contributed by atoms with Crippen molar-refractivity contribution in [3.63, 3.8) is 0 Å². The number of carbonyl (C=O) groups excluding carboxylic acids is 3. The summed E-state index contributed by atoms with van der Waals surface area (Å²) in [7, 11) is 6.68. The quantitative estimate of drug-likeness (QED) is 0.441. The highest BCUT2D eigenvalue weighted by molar-refractivity contribution is 6.55. The van der Waals surface area contributed by atoms with Crippen molar-refractivity contribution in [3.05, 3.63) is 29.8 Å². The van der Waals surface area contributed by atoms with Crippen molar-refractivity contribution in [2.24, 2.45) is 5.73 Å². The number of benzene rings is 1. The van der Waals surface area contributed by atoms with Crippen LogP contribution >= 0.6 is 0 Å². The van der Waals surface area contributed by atoms with Gasteiger partial charge in [-0.15, -0.1) is 0 Å². The van der Waals surface area contributed by atoms with Crippen LogP contribution in [-0.4, -0.2) is 45.5 Å². The molecular formula is C20H34BN3O4. The molecule has 1 amide bonds. The van der Waals surface area contributed by atoms with Gasteiger partial charge in [-0.05, 0) is 31.2 Å². The molecule has 1 atom stereocenters. The summed E-state index contributed by atoms with van der Waals surface area (Å²) in [5.74, 6) is -0.854. The smallest absolute Gasteiger partial charge is 0.241 e. The first-order chi connectivity index (χ1) is 13.4. The Morgan fingerprint density at radius 2 is 1.75 bits per heavy atom. The maximum atomic E-state index is 12.1. The Balaban J connectivity index is 0. The SMILES string of the molecule is CCC.NCC=O.[B]C(=O)OCc1ccc(NC(=O)[C@H](CCCC)NC)cc1. The van der Waals surface area contributed by atoms with E-state index in [1.807, 2.05) is 0 Å². The number of rotatable bonds is 9. The molecule has 8 heteroatoms. The van der Waals surface area contributed by atoms with E-state index in [1.54, 1.807) is 31.3 Å². The maximum absolute atomic E-state index is 12.1. The van der Waals surface area contributed by atoms with Gasteiger partial charge in [0.15, 0.2) is 0 Å². The third-order valence-corrected chi connectivity index (χ3v) is 3.21. The minimum absolute atomic E-state index is 0.0490. The van der Waals surface area contributed by atoms with E-state index in [0.717, 1.165) is 24.8 Å². The molecule has 0 aliphatic rings. The third-order valence-electron chi connectivity index (χ3n) is 3.21. The lowest BCUT2D eigenvalue weighted by Gasteiger charge is -2.15. The monoisotopic (exact) mass is 391 g/mol. The summed E-state index contributed by atoms with van der Waals surface area (Å²) in [5.41, 5.74) is 6.18. The molecule has 7 nitrogen and oxygen atoms in total. The van der Waals surface area contributed by atoms with Gasteiger partial charge in [0.1, 0.15) is 12.9 Å². The number of ether oxygens (including phenoxy) is 1. The number of nitrogens with two attached hydrogens (primary N) is 1. The molecule has 2 radical (unpaired) electrons. The maximum Gasteiger partial charge on any atom is 0.241 e. The topological polar surface area (TPSA) is 111 Å². The lowest BCUT2D eigenvalue weighted by molar-refractivity contribution is -0.118. The largest absolute Gasteiger partial charge is 0.470 e. The van der Waals surface area contributed by atoms with E-state index >= 15 is 0 Å². The molecule has 0 unspecified atom stereocenters. The zero-order valence-corrected chi connectivity index (χ0v) is 17.5. The molecule has 156 valence electrons. The summed E-state index contributed by atoms with van der Waals surface area (Å²) in [6.07, 6.45) is 4.77. The van der Waals surface area contributed by atoms with E-state index in [2.05, 4.69) is 37.1 Å². The number of aldehydes is 1. The Bertz CT molecular complexity index is 539. The molecule has 0 bridgehead atoms. The van der Waals surface area contributed by atoms with Crippen molar-refractivity contribution < 1.29 is 19.1 Å². The lowest BCUT2D eigenvalue weighted by Crippen LogP contribution is -2.38. The fourth-order valence-corrected chi connectivity index (χ4v) is 1.88. The standard InChI is InChI=1S/C15H21BN2O3.C3H8.C2H5NO/c1-3-4-5-13(17-2)14(19)18-12-8-6-11(7-9-12)10-21-15(16)20;1-3-2;3-1-2-4/h6-9,13,17H,3-5,10H2,1-2H3,(H,18,19);3H2,1-2H3;2H,1,3H2/t13-;;/m0../s1. The number of hydrogen-bond acceptors (Lipinski definition) is 6. The second-order valence-electron chi connectivity index (χ2n) is 5.89. The highest BCUT2D eigenvalue weighted by Gasteiger charge is 2.15. The average Bonchev–Trinajstić information content (AvgIpc) is 2.69. The zero-order chi connectivity index (χ0) is 21.8. The molecule has 0 aliphatic carbocycles. The van der Waals surface area contributed by atoms with Gasteiger partial charge in [0, 0.05) is 12.2 Å². The fourth-order valence-electron chi connectivity index (χ4n) is 1.88. The minimum Gasteiger partial charge on any atom is -0.470 e. The van der Waals surface area contributed by atoms with Crippen molar-refractivity contribution >= 4 is 31.6 Å². The fraction of sp³-hybridized carbons (Fsp3) is 0.550. The van der Waals surface area contributed by atoms with Gasteiger partial charge in [0.2, 0.25) is 19.6 Å². The van der Waals surface area contributed by atoms with Crippen molar-refractivity contribution in [2.75, 3.05) is 18.9 Å². The minimum atomic E-state index is -0.805. The van der Waals surface area contributed by atoms with Crippen LogP contribution in [-0.2, 0) is 20.9 Å². The number of amides is 1. The van der Waals surface area contributed by atoms with E-state index in [9.17, 15) is 9.59 Å². The van der Waals surface area contributed by atoms with E-state index in [0.29, 0.717) is 12.0 Å². The Kier molecular flexibility index (Phi) is 19.6. The van der Waals surface area contributed by atoms with Crippen LogP contribution in [0.2, 0.25) is 0 Å². The van der Waals surface area contributed by atoms with Crippen LogP contribution in [0.3, 0.4) is 0 Å². The van der Waals surface area contributed by atoms with Crippen LogP contribution in [0.4, 0.5) is 10.5 Å².